The molecule has 1 heterocycles. The number of hydrogen-bond acceptors (Lipinski definition) is 6. The molecule has 0 aromatic heterocycles. The molecule has 1 aliphatic rings. The molecule has 0 saturated carbocycles. The highest BCUT2D eigenvalue weighted by molar-refractivity contribution is 14.0. The third-order valence-electron chi connectivity index (χ3n) is 4.13. The maximum atomic E-state index is 12.8. The fourth-order valence-corrected chi connectivity index (χ4v) is 2.72. The summed E-state index contributed by atoms with van der Waals surface area (Å²) in [7, 11) is 0. The number of non-ortho nitro benzene ring substituents is 1. The number of ether oxygens (including phenoxy) is 3. The van der Waals surface area contributed by atoms with Crippen molar-refractivity contribution < 1.29 is 27.9 Å². The van der Waals surface area contributed by atoms with Crippen LogP contribution in [0, 0.1) is 10.1 Å². The van der Waals surface area contributed by atoms with E-state index >= 15 is 0 Å². The van der Waals surface area contributed by atoms with Gasteiger partial charge in [-0.1, -0.05) is 12.1 Å². The van der Waals surface area contributed by atoms with Crippen LogP contribution in [0.5, 0.6) is 17.2 Å². The second-order valence-electron chi connectivity index (χ2n) is 6.16. The van der Waals surface area contributed by atoms with E-state index in [0.717, 1.165) is 5.56 Å². The van der Waals surface area contributed by atoms with Gasteiger partial charge in [0.25, 0.3) is 5.69 Å². The van der Waals surface area contributed by atoms with Crippen LogP contribution in [-0.2, 0) is 13.1 Å². The maximum absolute atomic E-state index is 12.8. The summed E-state index contributed by atoms with van der Waals surface area (Å²) in [4.78, 5) is 14.7. The topological polar surface area (TPSA) is 107 Å². The van der Waals surface area contributed by atoms with Crippen molar-refractivity contribution in [2.75, 3.05) is 13.3 Å². The summed E-state index contributed by atoms with van der Waals surface area (Å²) in [6.07, 6.45) is 0. The molecular weight excluding hydrogens is 529 g/mol. The Morgan fingerprint density at radius 1 is 1.23 bits per heavy atom. The summed E-state index contributed by atoms with van der Waals surface area (Å²) >= 11 is 0. The Kier molecular flexibility index (Phi) is 9.03. The van der Waals surface area contributed by atoms with Crippen LogP contribution < -0.4 is 24.8 Å². The molecule has 0 atom stereocenters. The highest BCUT2D eigenvalue weighted by Gasteiger charge is 2.20. The van der Waals surface area contributed by atoms with Crippen molar-refractivity contribution >= 4 is 35.6 Å². The van der Waals surface area contributed by atoms with Crippen LogP contribution in [-0.4, -0.2) is 30.8 Å². The van der Waals surface area contributed by atoms with Crippen molar-refractivity contribution in [3.63, 3.8) is 0 Å². The van der Waals surface area contributed by atoms with E-state index < -0.39 is 11.5 Å². The first-order valence-corrected chi connectivity index (χ1v) is 9.09. The molecule has 0 spiro atoms. The van der Waals surface area contributed by atoms with Crippen molar-refractivity contribution in [2.45, 2.75) is 26.6 Å². The minimum atomic E-state index is -2.98. The first kappa shape index (κ1) is 24.4. The lowest BCUT2D eigenvalue weighted by molar-refractivity contribution is -0.384. The Hall–Kier alpha value is -2.90. The van der Waals surface area contributed by atoms with Crippen molar-refractivity contribution in [1.29, 1.82) is 0 Å². The number of guanidine groups is 1. The predicted octanol–water partition coefficient (Wildman–Crippen LogP) is 3.80. The van der Waals surface area contributed by atoms with E-state index in [4.69, 9.17) is 9.47 Å². The number of nitro groups is 1. The lowest BCUT2D eigenvalue weighted by atomic mass is 10.1. The van der Waals surface area contributed by atoms with Gasteiger partial charge < -0.3 is 24.8 Å². The number of benzene rings is 2. The zero-order chi connectivity index (χ0) is 21.5. The molecule has 0 saturated heterocycles. The fourth-order valence-electron chi connectivity index (χ4n) is 2.72. The van der Waals surface area contributed by atoms with E-state index in [1.165, 1.54) is 18.2 Å². The van der Waals surface area contributed by atoms with Crippen LogP contribution in [0.2, 0.25) is 0 Å². The first-order valence-electron chi connectivity index (χ1n) is 9.09. The minimum Gasteiger partial charge on any atom is -0.454 e. The van der Waals surface area contributed by atoms with Crippen molar-refractivity contribution in [1.82, 2.24) is 10.6 Å². The number of nitrogens with zero attached hydrogens (tertiary/aromatic N) is 2. The number of rotatable bonds is 8. The third kappa shape index (κ3) is 6.80. The second-order valence-corrected chi connectivity index (χ2v) is 6.16. The summed E-state index contributed by atoms with van der Waals surface area (Å²) < 4.78 is 40.6. The number of fused-ring (bicyclic) bond motifs is 1. The highest BCUT2D eigenvalue weighted by Crippen LogP contribution is 2.38. The number of nitrogens with one attached hydrogen (secondary N) is 2. The molecule has 2 aromatic rings. The molecule has 2 aromatic carbocycles. The van der Waals surface area contributed by atoms with Gasteiger partial charge in [0, 0.05) is 36.9 Å². The molecule has 3 rings (SSSR count). The van der Waals surface area contributed by atoms with Gasteiger partial charge in [-0.05, 0) is 18.6 Å². The summed E-state index contributed by atoms with van der Waals surface area (Å²) in [6.45, 7) is -0.0878. The molecule has 0 amide bonds. The summed E-state index contributed by atoms with van der Waals surface area (Å²) in [5, 5.41) is 16.8. The monoisotopic (exact) mass is 550 g/mol. The Balaban J connectivity index is 0.00000341. The third-order valence-corrected chi connectivity index (χ3v) is 4.13. The van der Waals surface area contributed by atoms with Gasteiger partial charge in [-0.2, -0.15) is 8.78 Å². The smallest absolute Gasteiger partial charge is 0.387 e. The molecule has 0 aliphatic carbocycles. The lowest BCUT2D eigenvalue weighted by Crippen LogP contribution is -2.36. The Bertz CT molecular complexity index is 928. The second kappa shape index (κ2) is 11.5. The molecule has 0 unspecified atom stereocenters. The van der Waals surface area contributed by atoms with Crippen LogP contribution in [0.1, 0.15) is 18.1 Å². The zero-order valence-corrected chi connectivity index (χ0v) is 18.8. The number of alkyl halides is 2. The van der Waals surface area contributed by atoms with Crippen LogP contribution in [0.3, 0.4) is 0 Å². The number of aliphatic imine (C=N–C) groups is 1. The Morgan fingerprint density at radius 2 is 1.90 bits per heavy atom. The largest absolute Gasteiger partial charge is 0.454 e. The summed E-state index contributed by atoms with van der Waals surface area (Å²) in [5.74, 6) is 1.21. The molecule has 31 heavy (non-hydrogen) atoms. The Morgan fingerprint density at radius 3 is 2.52 bits per heavy atom. The maximum Gasteiger partial charge on any atom is 0.387 e. The molecule has 1 aliphatic heterocycles. The van der Waals surface area contributed by atoms with Gasteiger partial charge in [-0.25, -0.2) is 4.99 Å². The summed E-state index contributed by atoms with van der Waals surface area (Å²) in [5.41, 5.74) is 1.23. The van der Waals surface area contributed by atoms with Crippen LogP contribution in [0.15, 0.2) is 41.4 Å². The summed E-state index contributed by atoms with van der Waals surface area (Å²) in [6, 6.07) is 9.01. The van der Waals surface area contributed by atoms with Gasteiger partial charge in [0.1, 0.15) is 5.75 Å². The van der Waals surface area contributed by atoms with Gasteiger partial charge in [-0.3, -0.25) is 10.1 Å². The molecule has 2 N–H and O–H groups in total. The predicted molar refractivity (Wildman–Crippen MR) is 119 cm³/mol. The number of halogens is 3. The van der Waals surface area contributed by atoms with Gasteiger partial charge in [0.15, 0.2) is 17.5 Å². The van der Waals surface area contributed by atoms with Gasteiger partial charge in [-0.15, -0.1) is 24.0 Å². The first-order chi connectivity index (χ1) is 14.5. The molecule has 168 valence electrons. The Labute approximate surface area is 194 Å². The molecule has 0 fully saturated rings. The average molecular weight is 550 g/mol. The van der Waals surface area contributed by atoms with E-state index in [1.807, 2.05) is 6.92 Å². The van der Waals surface area contributed by atoms with Gasteiger partial charge in [0.2, 0.25) is 6.79 Å². The lowest BCUT2D eigenvalue weighted by Gasteiger charge is -2.15. The molecule has 9 nitrogen and oxygen atoms in total. The molecule has 0 bridgehead atoms. The number of hydrogen-bond donors (Lipinski definition) is 2. The van der Waals surface area contributed by atoms with Crippen molar-refractivity contribution in [3.8, 4) is 17.2 Å². The van der Waals surface area contributed by atoms with Crippen molar-refractivity contribution in [3.05, 3.63) is 57.6 Å². The SMILES string of the molecule is CCNC(=NCc1ccc([N+](=O)[O-])cc1)NCc1cc2c(cc1OC(F)F)OCO2.I. The normalized spacial score (nSPS) is 12.3. The molecule has 0 radical (unpaired) electrons. The standard InChI is InChI=1S/C19H20F2N4O5.HI/c1-2-22-19(23-9-12-3-5-14(6-4-12)25(26)27)24-10-13-7-16-17(29-11-28-16)8-15(13)30-18(20)21;/h3-8,18H,2,9-11H2,1H3,(H2,22,23,24);1H. The van der Waals surface area contributed by atoms with E-state index in [2.05, 4.69) is 20.4 Å². The van der Waals surface area contributed by atoms with Crippen LogP contribution >= 0.6 is 24.0 Å². The molecule has 12 heteroatoms. The zero-order valence-electron chi connectivity index (χ0n) is 16.5. The minimum absolute atomic E-state index is 0. The van der Waals surface area contributed by atoms with Crippen molar-refractivity contribution in [2.24, 2.45) is 4.99 Å². The quantitative estimate of drug-likeness (QED) is 0.169. The van der Waals surface area contributed by atoms with Gasteiger partial charge in [0.05, 0.1) is 11.5 Å². The average Bonchev–Trinajstić information content (AvgIpc) is 3.17. The van der Waals surface area contributed by atoms with Crippen LogP contribution in [0.25, 0.3) is 0 Å². The highest BCUT2D eigenvalue weighted by atomic mass is 127. The number of nitro benzene ring substituents is 1. The van der Waals surface area contributed by atoms with E-state index in [-0.39, 0.29) is 55.3 Å². The fraction of sp³-hybridized carbons (Fsp3) is 0.316. The van der Waals surface area contributed by atoms with E-state index in [1.54, 1.807) is 18.2 Å². The molecular formula is C19H21F2IN4O5. The van der Waals surface area contributed by atoms with Gasteiger partial charge >= 0.3 is 6.61 Å². The van der Waals surface area contributed by atoms with E-state index in [0.29, 0.717) is 29.6 Å². The van der Waals surface area contributed by atoms with Crippen LogP contribution in [0.4, 0.5) is 14.5 Å². The van der Waals surface area contributed by atoms with E-state index in [9.17, 15) is 18.9 Å².